The SMILES string of the molecule is CCCNC(C)C(CC)CCCS(C)(=O)=O. The molecular formula is C12H27NO2S. The van der Waals surface area contributed by atoms with Crippen LogP contribution in [0, 0.1) is 5.92 Å². The van der Waals surface area contributed by atoms with E-state index >= 15 is 0 Å². The fourth-order valence-corrected chi connectivity index (χ4v) is 2.65. The van der Waals surface area contributed by atoms with Crippen molar-refractivity contribution in [3.05, 3.63) is 0 Å². The Morgan fingerprint density at radius 3 is 2.31 bits per heavy atom. The summed E-state index contributed by atoms with van der Waals surface area (Å²) in [5.41, 5.74) is 0. The molecule has 0 aliphatic heterocycles. The molecule has 0 aromatic rings. The fraction of sp³-hybridized carbons (Fsp3) is 1.00. The minimum Gasteiger partial charge on any atom is -0.314 e. The molecule has 0 saturated heterocycles. The molecule has 3 nitrogen and oxygen atoms in total. The first-order valence-electron chi connectivity index (χ1n) is 6.31. The lowest BCUT2D eigenvalue weighted by atomic mass is 9.93. The van der Waals surface area contributed by atoms with Crippen LogP contribution in [0.1, 0.15) is 46.5 Å². The zero-order valence-electron chi connectivity index (χ0n) is 11.1. The largest absolute Gasteiger partial charge is 0.314 e. The van der Waals surface area contributed by atoms with Crippen LogP contribution in [0.2, 0.25) is 0 Å². The van der Waals surface area contributed by atoms with Crippen molar-refractivity contribution in [1.82, 2.24) is 5.32 Å². The number of sulfone groups is 1. The molecule has 98 valence electrons. The van der Waals surface area contributed by atoms with E-state index in [1.165, 1.54) is 6.26 Å². The minimum atomic E-state index is -2.79. The molecule has 0 aliphatic carbocycles. The molecule has 0 spiro atoms. The highest BCUT2D eigenvalue weighted by molar-refractivity contribution is 7.90. The van der Waals surface area contributed by atoms with E-state index in [1.807, 2.05) is 0 Å². The molecule has 0 heterocycles. The van der Waals surface area contributed by atoms with Crippen LogP contribution in [0.3, 0.4) is 0 Å². The lowest BCUT2D eigenvalue weighted by Gasteiger charge is -2.23. The van der Waals surface area contributed by atoms with Crippen molar-refractivity contribution in [2.24, 2.45) is 5.92 Å². The Kier molecular flexibility index (Phi) is 8.02. The molecule has 0 fully saturated rings. The van der Waals surface area contributed by atoms with Crippen molar-refractivity contribution < 1.29 is 8.42 Å². The van der Waals surface area contributed by atoms with Crippen molar-refractivity contribution in [1.29, 1.82) is 0 Å². The smallest absolute Gasteiger partial charge is 0.147 e. The van der Waals surface area contributed by atoms with Gasteiger partial charge in [0.2, 0.25) is 0 Å². The van der Waals surface area contributed by atoms with Gasteiger partial charge in [-0.15, -0.1) is 0 Å². The first-order chi connectivity index (χ1) is 7.40. The summed E-state index contributed by atoms with van der Waals surface area (Å²) in [7, 11) is -2.79. The second-order valence-electron chi connectivity index (χ2n) is 4.68. The van der Waals surface area contributed by atoms with Crippen LogP contribution in [-0.2, 0) is 9.84 Å². The van der Waals surface area contributed by atoms with Crippen molar-refractivity contribution in [2.75, 3.05) is 18.6 Å². The Bertz CT molecular complexity index is 262. The third-order valence-corrected chi connectivity index (χ3v) is 4.07. The Morgan fingerprint density at radius 2 is 1.88 bits per heavy atom. The van der Waals surface area contributed by atoms with E-state index < -0.39 is 9.84 Å². The van der Waals surface area contributed by atoms with Gasteiger partial charge < -0.3 is 5.32 Å². The van der Waals surface area contributed by atoms with Gasteiger partial charge in [-0.3, -0.25) is 0 Å². The number of rotatable bonds is 9. The van der Waals surface area contributed by atoms with E-state index in [9.17, 15) is 8.42 Å². The Hall–Kier alpha value is -0.0900. The van der Waals surface area contributed by atoms with Gasteiger partial charge >= 0.3 is 0 Å². The molecule has 2 unspecified atom stereocenters. The summed E-state index contributed by atoms with van der Waals surface area (Å²) in [4.78, 5) is 0. The summed E-state index contributed by atoms with van der Waals surface area (Å²) in [6, 6.07) is 0.490. The standard InChI is InChI=1S/C12H27NO2S/c1-5-9-13-11(3)12(6-2)8-7-10-16(4,14)15/h11-13H,5-10H2,1-4H3. The average Bonchev–Trinajstić information content (AvgIpc) is 2.19. The van der Waals surface area contributed by atoms with Gasteiger partial charge in [-0.25, -0.2) is 8.42 Å². The summed E-state index contributed by atoms with van der Waals surface area (Å²) < 4.78 is 22.1. The van der Waals surface area contributed by atoms with Gasteiger partial charge in [-0.2, -0.15) is 0 Å². The normalized spacial score (nSPS) is 16.0. The molecule has 1 N–H and O–H groups in total. The monoisotopic (exact) mass is 249 g/mol. The van der Waals surface area contributed by atoms with Crippen LogP contribution in [0.25, 0.3) is 0 Å². The molecule has 0 rings (SSSR count). The predicted molar refractivity (Wildman–Crippen MR) is 70.5 cm³/mol. The molecule has 0 saturated carbocycles. The van der Waals surface area contributed by atoms with Gasteiger partial charge in [0.25, 0.3) is 0 Å². The van der Waals surface area contributed by atoms with Crippen molar-refractivity contribution in [3.63, 3.8) is 0 Å². The second kappa shape index (κ2) is 8.07. The number of nitrogens with one attached hydrogen (secondary N) is 1. The minimum absolute atomic E-state index is 0.323. The Balaban J connectivity index is 3.90. The number of hydrogen-bond acceptors (Lipinski definition) is 3. The molecule has 0 radical (unpaired) electrons. The topological polar surface area (TPSA) is 46.2 Å². The van der Waals surface area contributed by atoms with Crippen molar-refractivity contribution >= 4 is 9.84 Å². The maximum absolute atomic E-state index is 11.0. The molecule has 16 heavy (non-hydrogen) atoms. The molecule has 4 heteroatoms. The van der Waals surface area contributed by atoms with Crippen LogP contribution in [-0.4, -0.2) is 33.0 Å². The maximum Gasteiger partial charge on any atom is 0.147 e. The lowest BCUT2D eigenvalue weighted by molar-refractivity contribution is 0.342. The van der Waals surface area contributed by atoms with Crippen LogP contribution in [0.15, 0.2) is 0 Å². The van der Waals surface area contributed by atoms with E-state index in [1.54, 1.807) is 0 Å². The van der Waals surface area contributed by atoms with Crippen LogP contribution in [0.4, 0.5) is 0 Å². The van der Waals surface area contributed by atoms with Gasteiger partial charge in [0.05, 0.1) is 0 Å². The molecular weight excluding hydrogens is 222 g/mol. The van der Waals surface area contributed by atoms with E-state index in [-0.39, 0.29) is 0 Å². The highest BCUT2D eigenvalue weighted by Gasteiger charge is 2.15. The van der Waals surface area contributed by atoms with E-state index in [0.29, 0.717) is 17.7 Å². The molecule has 0 aromatic heterocycles. The predicted octanol–water partition coefficient (Wildman–Crippen LogP) is 2.23. The Labute approximate surface area is 101 Å². The second-order valence-corrected chi connectivity index (χ2v) is 6.94. The van der Waals surface area contributed by atoms with Crippen LogP contribution < -0.4 is 5.32 Å². The van der Waals surface area contributed by atoms with E-state index in [2.05, 4.69) is 26.1 Å². The van der Waals surface area contributed by atoms with Gasteiger partial charge in [0, 0.05) is 18.1 Å². The lowest BCUT2D eigenvalue weighted by Crippen LogP contribution is -2.34. The first-order valence-corrected chi connectivity index (χ1v) is 8.37. The van der Waals surface area contributed by atoms with Gasteiger partial charge in [0.15, 0.2) is 0 Å². The van der Waals surface area contributed by atoms with Crippen LogP contribution >= 0.6 is 0 Å². The van der Waals surface area contributed by atoms with Crippen molar-refractivity contribution in [3.8, 4) is 0 Å². The quantitative estimate of drug-likeness (QED) is 0.681. The average molecular weight is 249 g/mol. The molecule has 0 aliphatic rings. The number of hydrogen-bond donors (Lipinski definition) is 1. The summed E-state index contributed by atoms with van der Waals surface area (Å²) >= 11 is 0. The third-order valence-electron chi connectivity index (χ3n) is 3.04. The summed E-state index contributed by atoms with van der Waals surface area (Å²) in [5.74, 6) is 0.914. The highest BCUT2D eigenvalue weighted by atomic mass is 32.2. The maximum atomic E-state index is 11.0. The highest BCUT2D eigenvalue weighted by Crippen LogP contribution is 2.16. The first kappa shape index (κ1) is 15.9. The molecule has 2 atom stereocenters. The zero-order valence-corrected chi connectivity index (χ0v) is 11.9. The Morgan fingerprint density at radius 1 is 1.25 bits per heavy atom. The van der Waals surface area contributed by atoms with E-state index in [4.69, 9.17) is 0 Å². The molecule has 0 amide bonds. The fourth-order valence-electron chi connectivity index (χ4n) is 1.95. The summed E-state index contributed by atoms with van der Waals surface area (Å²) in [5, 5.41) is 3.48. The van der Waals surface area contributed by atoms with Gasteiger partial charge in [0.1, 0.15) is 9.84 Å². The molecule has 0 bridgehead atoms. The third kappa shape index (κ3) is 8.11. The van der Waals surface area contributed by atoms with Crippen molar-refractivity contribution in [2.45, 2.75) is 52.5 Å². The summed E-state index contributed by atoms with van der Waals surface area (Å²) in [6.07, 6.45) is 5.36. The zero-order chi connectivity index (χ0) is 12.6. The van der Waals surface area contributed by atoms with Crippen LogP contribution in [0.5, 0.6) is 0 Å². The summed E-state index contributed by atoms with van der Waals surface area (Å²) in [6.45, 7) is 7.58. The molecule has 0 aromatic carbocycles. The van der Waals surface area contributed by atoms with Gasteiger partial charge in [-0.1, -0.05) is 20.3 Å². The van der Waals surface area contributed by atoms with Gasteiger partial charge in [-0.05, 0) is 38.6 Å². The van der Waals surface area contributed by atoms with E-state index in [0.717, 1.165) is 32.2 Å².